The third-order valence-corrected chi connectivity index (χ3v) is 1.75. The molecule has 0 unspecified atom stereocenters. The minimum atomic E-state index is -1.09. The Morgan fingerprint density at radius 2 is 2.50 bits per heavy atom. The molecule has 0 spiro atoms. The summed E-state index contributed by atoms with van der Waals surface area (Å²) in [6, 6.07) is 4.18. The molecule has 5 heteroatoms. The van der Waals surface area contributed by atoms with Gasteiger partial charge in [0.05, 0.1) is 0 Å². The van der Waals surface area contributed by atoms with Crippen LogP contribution in [-0.2, 0) is 11.2 Å². The van der Waals surface area contributed by atoms with Gasteiger partial charge in [0.15, 0.2) is 0 Å². The standard InChI is InChI=1S/C9H9N3O2/c10-5-8-6(2-1-3-12-8)4-7(11)9(13)14/h1-3,7H,4,11H2,(H,13,14)/t7-/m1/s1. The van der Waals surface area contributed by atoms with Crippen LogP contribution in [0.15, 0.2) is 18.3 Å². The summed E-state index contributed by atoms with van der Waals surface area (Å²) in [7, 11) is 0. The van der Waals surface area contributed by atoms with Crippen molar-refractivity contribution in [3.05, 3.63) is 29.6 Å². The molecule has 0 aliphatic rings. The fourth-order valence-electron chi connectivity index (χ4n) is 1.03. The van der Waals surface area contributed by atoms with Crippen LogP contribution in [0.5, 0.6) is 0 Å². The van der Waals surface area contributed by atoms with Crippen molar-refractivity contribution in [3.8, 4) is 6.07 Å². The lowest BCUT2D eigenvalue weighted by atomic mass is 10.1. The first-order chi connectivity index (χ1) is 6.65. The molecule has 0 aromatic carbocycles. The number of carboxylic acids is 1. The Balaban J connectivity index is 2.87. The number of nitriles is 1. The maximum Gasteiger partial charge on any atom is 0.320 e. The molecule has 0 aliphatic heterocycles. The molecule has 0 saturated heterocycles. The summed E-state index contributed by atoms with van der Waals surface area (Å²) >= 11 is 0. The van der Waals surface area contributed by atoms with E-state index in [0.29, 0.717) is 5.56 Å². The van der Waals surface area contributed by atoms with Crippen molar-refractivity contribution in [1.82, 2.24) is 4.98 Å². The summed E-state index contributed by atoms with van der Waals surface area (Å²) in [5.41, 5.74) is 6.12. The molecule has 0 saturated carbocycles. The highest BCUT2D eigenvalue weighted by molar-refractivity contribution is 5.73. The monoisotopic (exact) mass is 191 g/mol. The highest BCUT2D eigenvalue weighted by atomic mass is 16.4. The van der Waals surface area contributed by atoms with Gasteiger partial charge < -0.3 is 10.8 Å². The molecule has 72 valence electrons. The smallest absolute Gasteiger partial charge is 0.320 e. The Bertz CT molecular complexity index is 384. The van der Waals surface area contributed by atoms with E-state index in [1.807, 2.05) is 6.07 Å². The van der Waals surface area contributed by atoms with E-state index >= 15 is 0 Å². The maximum atomic E-state index is 10.5. The van der Waals surface area contributed by atoms with E-state index in [4.69, 9.17) is 16.1 Å². The van der Waals surface area contributed by atoms with Crippen molar-refractivity contribution in [1.29, 1.82) is 5.26 Å². The second kappa shape index (κ2) is 4.35. The molecule has 1 atom stereocenters. The molecular formula is C9H9N3O2. The van der Waals surface area contributed by atoms with Crippen molar-refractivity contribution in [2.45, 2.75) is 12.5 Å². The highest BCUT2D eigenvalue weighted by Crippen LogP contribution is 2.06. The predicted octanol–water partition coefficient (Wildman–Crippen LogP) is -0.0923. The molecule has 5 nitrogen and oxygen atoms in total. The quantitative estimate of drug-likeness (QED) is 0.695. The minimum absolute atomic E-state index is 0.117. The van der Waals surface area contributed by atoms with E-state index in [2.05, 4.69) is 4.98 Å². The summed E-state index contributed by atoms with van der Waals surface area (Å²) in [4.78, 5) is 14.3. The van der Waals surface area contributed by atoms with Crippen molar-refractivity contribution < 1.29 is 9.90 Å². The molecule has 1 heterocycles. The van der Waals surface area contributed by atoms with Crippen molar-refractivity contribution in [3.63, 3.8) is 0 Å². The molecular weight excluding hydrogens is 182 g/mol. The van der Waals surface area contributed by atoms with Gasteiger partial charge in [-0.2, -0.15) is 5.26 Å². The van der Waals surface area contributed by atoms with Crippen LogP contribution in [0.1, 0.15) is 11.3 Å². The van der Waals surface area contributed by atoms with E-state index in [0.717, 1.165) is 0 Å². The maximum absolute atomic E-state index is 10.5. The molecule has 0 aliphatic carbocycles. The minimum Gasteiger partial charge on any atom is -0.480 e. The second-order valence-electron chi connectivity index (χ2n) is 2.77. The number of nitrogens with two attached hydrogens (primary N) is 1. The predicted molar refractivity (Wildman–Crippen MR) is 48.3 cm³/mol. The van der Waals surface area contributed by atoms with Crippen molar-refractivity contribution in [2.24, 2.45) is 5.73 Å². The van der Waals surface area contributed by atoms with Crippen LogP contribution in [-0.4, -0.2) is 22.1 Å². The summed E-state index contributed by atoms with van der Waals surface area (Å²) in [5.74, 6) is -1.09. The number of pyridine rings is 1. The van der Waals surface area contributed by atoms with Crippen LogP contribution in [0.25, 0.3) is 0 Å². The zero-order valence-corrected chi connectivity index (χ0v) is 7.34. The Hall–Kier alpha value is -1.93. The molecule has 1 aromatic rings. The SMILES string of the molecule is N#Cc1ncccc1C[C@@H](N)C(=O)O. The number of nitrogens with zero attached hydrogens (tertiary/aromatic N) is 2. The van der Waals surface area contributed by atoms with Crippen LogP contribution in [0.4, 0.5) is 0 Å². The van der Waals surface area contributed by atoms with E-state index in [-0.39, 0.29) is 12.1 Å². The van der Waals surface area contributed by atoms with Crippen LogP contribution in [0.3, 0.4) is 0 Å². The summed E-state index contributed by atoms with van der Waals surface area (Å²) in [6.07, 6.45) is 1.60. The molecule has 0 amide bonds. The van der Waals surface area contributed by atoms with E-state index in [1.165, 1.54) is 6.20 Å². The summed E-state index contributed by atoms with van der Waals surface area (Å²) in [5, 5.41) is 17.2. The van der Waals surface area contributed by atoms with Crippen LogP contribution in [0.2, 0.25) is 0 Å². The number of aliphatic carboxylic acids is 1. The fourth-order valence-corrected chi connectivity index (χ4v) is 1.03. The lowest BCUT2D eigenvalue weighted by Crippen LogP contribution is -2.32. The first kappa shape index (κ1) is 10.2. The lowest BCUT2D eigenvalue weighted by Gasteiger charge is -2.06. The van der Waals surface area contributed by atoms with Gasteiger partial charge in [0.2, 0.25) is 0 Å². The average Bonchev–Trinajstić information content (AvgIpc) is 2.18. The summed E-state index contributed by atoms with van der Waals surface area (Å²) < 4.78 is 0. The van der Waals surface area contributed by atoms with Gasteiger partial charge in [0.25, 0.3) is 0 Å². The molecule has 1 rings (SSSR count). The first-order valence-corrected chi connectivity index (χ1v) is 3.97. The molecule has 0 bridgehead atoms. The number of aromatic nitrogens is 1. The number of carbonyl (C=O) groups is 1. The van der Waals surface area contributed by atoms with Gasteiger partial charge in [-0.3, -0.25) is 4.79 Å². The Morgan fingerprint density at radius 1 is 1.79 bits per heavy atom. The van der Waals surface area contributed by atoms with Gasteiger partial charge in [-0.15, -0.1) is 0 Å². The van der Waals surface area contributed by atoms with E-state index in [9.17, 15) is 4.79 Å². The normalized spacial score (nSPS) is 11.7. The van der Waals surface area contributed by atoms with Crippen molar-refractivity contribution >= 4 is 5.97 Å². The molecule has 3 N–H and O–H groups in total. The van der Waals surface area contributed by atoms with Gasteiger partial charge in [0.1, 0.15) is 17.8 Å². The molecule has 1 aromatic heterocycles. The highest BCUT2D eigenvalue weighted by Gasteiger charge is 2.14. The molecule has 0 fully saturated rings. The van der Waals surface area contributed by atoms with Crippen LogP contribution >= 0.6 is 0 Å². The van der Waals surface area contributed by atoms with Crippen LogP contribution in [0, 0.1) is 11.3 Å². The van der Waals surface area contributed by atoms with Gasteiger partial charge in [0, 0.05) is 12.6 Å². The number of carboxylic acid groups (broad SMARTS) is 1. The Labute approximate surface area is 80.8 Å². The second-order valence-corrected chi connectivity index (χ2v) is 2.77. The largest absolute Gasteiger partial charge is 0.480 e. The number of rotatable bonds is 3. The van der Waals surface area contributed by atoms with Gasteiger partial charge in [-0.1, -0.05) is 6.07 Å². The van der Waals surface area contributed by atoms with Crippen LogP contribution < -0.4 is 5.73 Å². The van der Waals surface area contributed by atoms with Gasteiger partial charge in [-0.25, -0.2) is 4.98 Å². The zero-order chi connectivity index (χ0) is 10.6. The third-order valence-electron chi connectivity index (χ3n) is 1.75. The Kier molecular flexibility index (Phi) is 3.15. The number of hydrogen-bond acceptors (Lipinski definition) is 4. The van der Waals surface area contributed by atoms with E-state index < -0.39 is 12.0 Å². The van der Waals surface area contributed by atoms with Gasteiger partial charge >= 0.3 is 5.97 Å². The zero-order valence-electron chi connectivity index (χ0n) is 7.34. The van der Waals surface area contributed by atoms with Gasteiger partial charge in [-0.05, 0) is 11.6 Å². The average molecular weight is 191 g/mol. The Morgan fingerprint density at radius 3 is 3.07 bits per heavy atom. The fraction of sp³-hybridized carbons (Fsp3) is 0.222. The third kappa shape index (κ3) is 2.28. The summed E-state index contributed by atoms with van der Waals surface area (Å²) in [6.45, 7) is 0. The molecule has 0 radical (unpaired) electrons. The topological polar surface area (TPSA) is 100 Å². The first-order valence-electron chi connectivity index (χ1n) is 3.97. The molecule has 14 heavy (non-hydrogen) atoms. The van der Waals surface area contributed by atoms with Crippen molar-refractivity contribution in [2.75, 3.05) is 0 Å². The van der Waals surface area contributed by atoms with E-state index in [1.54, 1.807) is 12.1 Å². The number of hydrogen-bond donors (Lipinski definition) is 2. The lowest BCUT2D eigenvalue weighted by molar-refractivity contribution is -0.138.